The van der Waals surface area contributed by atoms with Crippen molar-refractivity contribution in [1.82, 2.24) is 0 Å². The minimum Gasteiger partial charge on any atom is -0.378 e. The van der Waals surface area contributed by atoms with E-state index < -0.39 is 28.2 Å². The van der Waals surface area contributed by atoms with Crippen molar-refractivity contribution in [3.63, 3.8) is 0 Å². The molecule has 0 rings (SSSR count). The number of aliphatic hydroxyl groups is 2. The first kappa shape index (κ1) is 19.8. The average molecular weight is 288 g/mol. The molecule has 0 aliphatic rings. The zero-order chi connectivity index (χ0) is 16.8. The van der Waals surface area contributed by atoms with Crippen LogP contribution in [0.2, 0.25) is 0 Å². The molecule has 4 nitrogen and oxygen atoms in total. The Balaban J connectivity index is 6.28. The van der Waals surface area contributed by atoms with Gasteiger partial charge in [-0.2, -0.15) is 0 Å². The van der Waals surface area contributed by atoms with Crippen LogP contribution in [-0.2, 0) is 0 Å². The molecular weight excluding hydrogens is 252 g/mol. The topological polar surface area (TPSA) is 92.5 Å². The summed E-state index contributed by atoms with van der Waals surface area (Å²) in [7, 11) is 0. The van der Waals surface area contributed by atoms with E-state index in [1.807, 2.05) is 62.3 Å². The minimum atomic E-state index is -1.59. The summed E-state index contributed by atoms with van der Waals surface area (Å²) in [4.78, 5) is 0. The summed E-state index contributed by atoms with van der Waals surface area (Å²) >= 11 is 0. The number of rotatable bonds is 3. The Hall–Kier alpha value is -0.160. The van der Waals surface area contributed by atoms with Crippen LogP contribution < -0.4 is 11.5 Å². The molecule has 0 spiro atoms. The summed E-state index contributed by atoms with van der Waals surface area (Å²) in [6, 6.07) is 0. The molecule has 0 heterocycles. The molecular formula is C16H36N2O2. The van der Waals surface area contributed by atoms with Crippen LogP contribution in [0.25, 0.3) is 0 Å². The first-order valence-electron chi connectivity index (χ1n) is 7.35. The highest BCUT2D eigenvalue weighted by atomic mass is 16.3. The first-order valence-corrected chi connectivity index (χ1v) is 7.35. The largest absolute Gasteiger partial charge is 0.378 e. The van der Waals surface area contributed by atoms with Crippen LogP contribution in [-0.4, -0.2) is 22.2 Å². The van der Waals surface area contributed by atoms with Crippen LogP contribution >= 0.6 is 0 Å². The average Bonchev–Trinajstić information content (AvgIpc) is 1.88. The summed E-state index contributed by atoms with van der Waals surface area (Å²) in [6.45, 7) is 17.9. The first-order chi connectivity index (χ1) is 8.40. The molecule has 0 aliphatic carbocycles. The van der Waals surface area contributed by atoms with Gasteiger partial charge in [0.05, 0.1) is 5.41 Å². The Morgan fingerprint density at radius 2 is 1.15 bits per heavy atom. The molecule has 122 valence electrons. The second kappa shape index (κ2) is 5.24. The SMILES string of the molecule is CC(C)(C)CC(N)(O)C(C(N)O)(C(C)(C)C)C(C)(C)C. The molecule has 4 heteroatoms. The number of nitrogens with two attached hydrogens (primary N) is 2. The summed E-state index contributed by atoms with van der Waals surface area (Å²) in [6.07, 6.45) is -0.872. The van der Waals surface area contributed by atoms with Gasteiger partial charge in [0.15, 0.2) is 0 Å². The van der Waals surface area contributed by atoms with E-state index in [0.717, 1.165) is 0 Å². The molecule has 0 aromatic carbocycles. The van der Waals surface area contributed by atoms with E-state index in [4.69, 9.17) is 11.5 Å². The van der Waals surface area contributed by atoms with Crippen LogP contribution in [0.1, 0.15) is 68.7 Å². The molecule has 0 aromatic heterocycles. The zero-order valence-electron chi connectivity index (χ0n) is 14.8. The third kappa shape index (κ3) is 3.35. The second-order valence-electron chi connectivity index (χ2n) is 9.41. The molecule has 0 aromatic rings. The quantitative estimate of drug-likeness (QED) is 0.600. The molecule has 6 N–H and O–H groups in total. The van der Waals surface area contributed by atoms with Crippen molar-refractivity contribution in [2.24, 2.45) is 33.1 Å². The van der Waals surface area contributed by atoms with Crippen molar-refractivity contribution in [2.75, 3.05) is 0 Å². The van der Waals surface area contributed by atoms with Crippen LogP contribution in [0, 0.1) is 21.7 Å². The van der Waals surface area contributed by atoms with Crippen molar-refractivity contribution in [3.8, 4) is 0 Å². The molecule has 0 bridgehead atoms. The van der Waals surface area contributed by atoms with Gasteiger partial charge >= 0.3 is 0 Å². The normalized spacial score (nSPS) is 19.6. The molecule has 0 amide bonds. The van der Waals surface area contributed by atoms with Crippen molar-refractivity contribution in [2.45, 2.75) is 80.7 Å². The molecule has 0 fully saturated rings. The fourth-order valence-electron chi connectivity index (χ4n) is 4.52. The Bertz CT molecular complexity index is 314. The lowest BCUT2D eigenvalue weighted by atomic mass is 9.47. The maximum Gasteiger partial charge on any atom is 0.124 e. The van der Waals surface area contributed by atoms with Gasteiger partial charge in [-0.3, -0.25) is 0 Å². The van der Waals surface area contributed by atoms with Crippen molar-refractivity contribution >= 4 is 0 Å². The van der Waals surface area contributed by atoms with Crippen LogP contribution in [0.5, 0.6) is 0 Å². The van der Waals surface area contributed by atoms with Gasteiger partial charge in [-0.15, -0.1) is 0 Å². The van der Waals surface area contributed by atoms with E-state index in [2.05, 4.69) is 0 Å². The molecule has 0 aliphatic heterocycles. The molecule has 0 saturated carbocycles. The summed E-state index contributed by atoms with van der Waals surface area (Å²) in [5, 5.41) is 21.5. The van der Waals surface area contributed by atoms with Gasteiger partial charge in [0.1, 0.15) is 12.0 Å². The smallest absolute Gasteiger partial charge is 0.124 e. The van der Waals surface area contributed by atoms with Crippen molar-refractivity contribution in [3.05, 3.63) is 0 Å². The van der Waals surface area contributed by atoms with Gasteiger partial charge in [-0.25, -0.2) is 0 Å². The van der Waals surface area contributed by atoms with Gasteiger partial charge in [0.2, 0.25) is 0 Å². The Morgan fingerprint density at radius 3 is 1.30 bits per heavy atom. The summed E-state index contributed by atoms with van der Waals surface area (Å²) in [5.74, 6) is 0. The third-order valence-electron chi connectivity index (χ3n) is 4.29. The van der Waals surface area contributed by atoms with Crippen LogP contribution in [0.3, 0.4) is 0 Å². The molecule has 0 saturated heterocycles. The van der Waals surface area contributed by atoms with Gasteiger partial charge in [0.25, 0.3) is 0 Å². The van der Waals surface area contributed by atoms with Crippen molar-refractivity contribution in [1.29, 1.82) is 0 Å². The molecule has 0 radical (unpaired) electrons. The van der Waals surface area contributed by atoms with E-state index in [-0.39, 0.29) is 5.41 Å². The molecule has 2 atom stereocenters. The predicted molar refractivity (Wildman–Crippen MR) is 84.7 cm³/mol. The van der Waals surface area contributed by atoms with Gasteiger partial charge in [0, 0.05) is 0 Å². The van der Waals surface area contributed by atoms with Crippen LogP contribution in [0.15, 0.2) is 0 Å². The number of aliphatic hydroxyl groups excluding tert-OH is 1. The second-order valence-corrected chi connectivity index (χ2v) is 9.41. The van der Waals surface area contributed by atoms with E-state index >= 15 is 0 Å². The van der Waals surface area contributed by atoms with E-state index in [0.29, 0.717) is 6.42 Å². The minimum absolute atomic E-state index is 0.180. The lowest BCUT2D eigenvalue weighted by molar-refractivity contribution is -0.253. The maximum atomic E-state index is 11.1. The molecule has 20 heavy (non-hydrogen) atoms. The lowest BCUT2D eigenvalue weighted by Gasteiger charge is -2.62. The summed E-state index contributed by atoms with van der Waals surface area (Å²) in [5.41, 5.74) is 8.56. The third-order valence-corrected chi connectivity index (χ3v) is 4.29. The van der Waals surface area contributed by atoms with Crippen LogP contribution in [0.4, 0.5) is 0 Å². The zero-order valence-corrected chi connectivity index (χ0v) is 14.8. The van der Waals surface area contributed by atoms with Gasteiger partial charge in [-0.1, -0.05) is 62.3 Å². The maximum absolute atomic E-state index is 11.1. The number of hydrogen-bond acceptors (Lipinski definition) is 4. The van der Waals surface area contributed by atoms with E-state index in [1.54, 1.807) is 0 Å². The Labute approximate surface area is 124 Å². The standard InChI is InChI=1S/C16H36N2O2/c1-12(2,3)10-15(18,20)16(11(17)19,13(4,5)6)14(7,8)9/h11,19-20H,10,17-18H2,1-9H3. The Morgan fingerprint density at radius 1 is 0.850 bits per heavy atom. The fourth-order valence-corrected chi connectivity index (χ4v) is 4.52. The summed E-state index contributed by atoms with van der Waals surface area (Å²) < 4.78 is 0. The lowest BCUT2D eigenvalue weighted by Crippen LogP contribution is -2.73. The predicted octanol–water partition coefficient (Wildman–Crippen LogP) is 2.43. The highest BCUT2D eigenvalue weighted by molar-refractivity contribution is 5.11. The molecule has 2 unspecified atom stereocenters. The van der Waals surface area contributed by atoms with Crippen molar-refractivity contribution < 1.29 is 10.2 Å². The van der Waals surface area contributed by atoms with E-state index in [9.17, 15) is 10.2 Å². The monoisotopic (exact) mass is 288 g/mol. The van der Waals surface area contributed by atoms with Gasteiger partial charge in [-0.05, 0) is 22.7 Å². The van der Waals surface area contributed by atoms with Gasteiger partial charge < -0.3 is 21.7 Å². The Kier molecular flexibility index (Phi) is 5.19. The number of hydrogen-bond donors (Lipinski definition) is 4. The van der Waals surface area contributed by atoms with E-state index in [1.165, 1.54) is 0 Å². The highest BCUT2D eigenvalue weighted by Crippen LogP contribution is 2.59. The fraction of sp³-hybridized carbons (Fsp3) is 1.00. The highest BCUT2D eigenvalue weighted by Gasteiger charge is 2.65.